The van der Waals surface area contributed by atoms with Gasteiger partial charge in [-0.05, 0) is 32.6 Å². The third-order valence-electron chi connectivity index (χ3n) is 4.61. The van der Waals surface area contributed by atoms with E-state index >= 15 is 0 Å². The summed E-state index contributed by atoms with van der Waals surface area (Å²) in [6.45, 7) is 11.0. The van der Waals surface area contributed by atoms with E-state index < -0.39 is 0 Å². The van der Waals surface area contributed by atoms with E-state index in [0.29, 0.717) is 6.54 Å². The molecule has 1 fully saturated rings. The minimum atomic E-state index is -0.103. The molecular formula is C17H36IN3O3. The number of halogens is 1. The van der Waals surface area contributed by atoms with Crippen molar-refractivity contribution in [1.82, 2.24) is 10.6 Å². The first kappa shape index (κ1) is 23.9. The lowest BCUT2D eigenvalue weighted by Gasteiger charge is -2.27. The van der Waals surface area contributed by atoms with Gasteiger partial charge >= 0.3 is 0 Å². The Bertz CT molecular complexity index is 325. The minimum Gasteiger partial charge on any atom is -0.396 e. The lowest BCUT2D eigenvalue weighted by Crippen LogP contribution is -2.39. The molecule has 0 aromatic carbocycles. The molecule has 1 atom stereocenters. The fraction of sp³-hybridized carbons (Fsp3) is 0.941. The SMILES string of the molecule is CCNC(=NCC(CC)(CC)CO)NCCCOC1CCOC1.I. The largest absolute Gasteiger partial charge is 0.396 e. The molecule has 0 aromatic rings. The predicted molar refractivity (Wildman–Crippen MR) is 109 cm³/mol. The summed E-state index contributed by atoms with van der Waals surface area (Å²) in [6, 6.07) is 0. The third kappa shape index (κ3) is 8.82. The second-order valence-corrected chi connectivity index (χ2v) is 6.20. The van der Waals surface area contributed by atoms with Gasteiger partial charge in [-0.3, -0.25) is 4.99 Å². The maximum Gasteiger partial charge on any atom is 0.191 e. The average Bonchev–Trinajstić information content (AvgIpc) is 3.09. The number of aliphatic imine (C=N–C) groups is 1. The van der Waals surface area contributed by atoms with Crippen LogP contribution in [0.15, 0.2) is 4.99 Å². The fourth-order valence-electron chi connectivity index (χ4n) is 2.51. The molecule has 0 radical (unpaired) electrons. The van der Waals surface area contributed by atoms with Crippen molar-refractivity contribution in [2.75, 3.05) is 46.1 Å². The lowest BCUT2D eigenvalue weighted by molar-refractivity contribution is 0.0420. The molecule has 1 rings (SSSR count). The molecule has 1 saturated heterocycles. The van der Waals surface area contributed by atoms with Crippen LogP contribution in [0.3, 0.4) is 0 Å². The maximum atomic E-state index is 9.63. The number of guanidine groups is 1. The van der Waals surface area contributed by atoms with E-state index in [9.17, 15) is 5.11 Å². The van der Waals surface area contributed by atoms with Crippen molar-refractivity contribution < 1.29 is 14.6 Å². The highest BCUT2D eigenvalue weighted by atomic mass is 127. The number of ether oxygens (including phenoxy) is 2. The number of hydrogen-bond acceptors (Lipinski definition) is 4. The topological polar surface area (TPSA) is 75.1 Å². The fourth-order valence-corrected chi connectivity index (χ4v) is 2.51. The van der Waals surface area contributed by atoms with Crippen molar-refractivity contribution in [2.45, 2.75) is 52.6 Å². The van der Waals surface area contributed by atoms with Crippen LogP contribution in [0.1, 0.15) is 46.5 Å². The smallest absolute Gasteiger partial charge is 0.191 e. The third-order valence-corrected chi connectivity index (χ3v) is 4.61. The van der Waals surface area contributed by atoms with E-state index in [1.807, 2.05) is 0 Å². The Hall–Kier alpha value is -0.120. The Morgan fingerprint density at radius 1 is 1.29 bits per heavy atom. The molecule has 1 heterocycles. The Balaban J connectivity index is 0.00000529. The summed E-state index contributed by atoms with van der Waals surface area (Å²) in [4.78, 5) is 4.65. The van der Waals surface area contributed by atoms with Crippen LogP contribution in [0.2, 0.25) is 0 Å². The van der Waals surface area contributed by atoms with E-state index in [4.69, 9.17) is 9.47 Å². The van der Waals surface area contributed by atoms with Gasteiger partial charge in [-0.15, -0.1) is 24.0 Å². The molecule has 0 bridgehead atoms. The van der Waals surface area contributed by atoms with E-state index in [-0.39, 0.29) is 42.1 Å². The van der Waals surface area contributed by atoms with Crippen molar-refractivity contribution in [2.24, 2.45) is 10.4 Å². The molecular weight excluding hydrogens is 421 g/mol. The summed E-state index contributed by atoms with van der Waals surface area (Å²) in [5.41, 5.74) is -0.103. The minimum absolute atomic E-state index is 0. The summed E-state index contributed by atoms with van der Waals surface area (Å²) in [5, 5.41) is 16.2. The van der Waals surface area contributed by atoms with Crippen molar-refractivity contribution in [3.05, 3.63) is 0 Å². The zero-order valence-corrected chi connectivity index (χ0v) is 17.8. The van der Waals surface area contributed by atoms with Gasteiger partial charge < -0.3 is 25.2 Å². The van der Waals surface area contributed by atoms with Crippen molar-refractivity contribution in [3.63, 3.8) is 0 Å². The molecule has 0 amide bonds. The summed E-state index contributed by atoms with van der Waals surface area (Å²) < 4.78 is 11.0. The van der Waals surface area contributed by atoms with Gasteiger partial charge in [-0.25, -0.2) is 0 Å². The first-order valence-corrected chi connectivity index (χ1v) is 9.02. The molecule has 6 nitrogen and oxygen atoms in total. The van der Waals surface area contributed by atoms with Crippen LogP contribution in [0.5, 0.6) is 0 Å². The van der Waals surface area contributed by atoms with Gasteiger partial charge in [0.25, 0.3) is 0 Å². The van der Waals surface area contributed by atoms with E-state index in [1.165, 1.54) is 0 Å². The first-order valence-electron chi connectivity index (χ1n) is 9.02. The normalized spacial score (nSPS) is 18.3. The zero-order chi connectivity index (χ0) is 17.0. The summed E-state index contributed by atoms with van der Waals surface area (Å²) in [7, 11) is 0. The van der Waals surface area contributed by atoms with Crippen LogP contribution < -0.4 is 10.6 Å². The van der Waals surface area contributed by atoms with Gasteiger partial charge in [0.05, 0.1) is 25.9 Å². The maximum absolute atomic E-state index is 9.63. The van der Waals surface area contributed by atoms with Gasteiger partial charge in [0.1, 0.15) is 0 Å². The van der Waals surface area contributed by atoms with Gasteiger partial charge in [-0.2, -0.15) is 0 Å². The Morgan fingerprint density at radius 2 is 2.04 bits per heavy atom. The quantitative estimate of drug-likeness (QED) is 0.192. The van der Waals surface area contributed by atoms with Gasteiger partial charge in [-0.1, -0.05) is 13.8 Å². The Kier molecular flexibility index (Phi) is 14.0. The highest BCUT2D eigenvalue weighted by Crippen LogP contribution is 2.25. The molecule has 1 unspecified atom stereocenters. The van der Waals surface area contributed by atoms with Crippen LogP contribution in [0, 0.1) is 5.41 Å². The average molecular weight is 457 g/mol. The number of nitrogens with one attached hydrogen (secondary N) is 2. The summed E-state index contributed by atoms with van der Waals surface area (Å²) in [6.07, 6.45) is 4.08. The van der Waals surface area contributed by atoms with Crippen molar-refractivity contribution in [1.29, 1.82) is 0 Å². The number of aliphatic hydroxyl groups excluding tert-OH is 1. The lowest BCUT2D eigenvalue weighted by atomic mass is 9.83. The second kappa shape index (κ2) is 14.1. The van der Waals surface area contributed by atoms with E-state index in [0.717, 1.165) is 64.6 Å². The summed E-state index contributed by atoms with van der Waals surface area (Å²) in [5.74, 6) is 0.816. The molecule has 0 saturated carbocycles. The molecule has 7 heteroatoms. The molecule has 24 heavy (non-hydrogen) atoms. The Labute approximate surface area is 164 Å². The van der Waals surface area contributed by atoms with Gasteiger partial charge in [0.15, 0.2) is 5.96 Å². The highest BCUT2D eigenvalue weighted by molar-refractivity contribution is 14.0. The van der Waals surface area contributed by atoms with Crippen molar-refractivity contribution >= 4 is 29.9 Å². The van der Waals surface area contributed by atoms with Crippen LogP contribution in [0.25, 0.3) is 0 Å². The molecule has 0 spiro atoms. The van der Waals surface area contributed by atoms with Crippen LogP contribution in [-0.4, -0.2) is 63.2 Å². The molecule has 0 aromatic heterocycles. The van der Waals surface area contributed by atoms with Crippen LogP contribution >= 0.6 is 24.0 Å². The number of nitrogens with zero attached hydrogens (tertiary/aromatic N) is 1. The van der Waals surface area contributed by atoms with E-state index in [2.05, 4.69) is 36.4 Å². The van der Waals surface area contributed by atoms with Crippen LogP contribution in [0.4, 0.5) is 0 Å². The van der Waals surface area contributed by atoms with Crippen molar-refractivity contribution in [3.8, 4) is 0 Å². The monoisotopic (exact) mass is 457 g/mol. The highest BCUT2D eigenvalue weighted by Gasteiger charge is 2.25. The molecule has 0 aliphatic carbocycles. The van der Waals surface area contributed by atoms with E-state index in [1.54, 1.807) is 0 Å². The molecule has 144 valence electrons. The number of hydrogen-bond donors (Lipinski definition) is 3. The molecule has 1 aliphatic heterocycles. The number of aliphatic hydroxyl groups is 1. The summed E-state index contributed by atoms with van der Waals surface area (Å²) >= 11 is 0. The first-order chi connectivity index (χ1) is 11.2. The predicted octanol–water partition coefficient (Wildman–Crippen LogP) is 2.15. The standard InChI is InChI=1S/C17H35N3O3.HI/c1-4-17(5-2,14-21)13-20-16(18-6-3)19-9-7-10-23-15-8-11-22-12-15;/h15,21H,4-14H2,1-3H3,(H2,18,19,20);1H. The molecule has 3 N–H and O–H groups in total. The zero-order valence-electron chi connectivity index (χ0n) is 15.5. The molecule has 1 aliphatic rings. The second-order valence-electron chi connectivity index (χ2n) is 6.20. The number of rotatable bonds is 11. The van der Waals surface area contributed by atoms with Gasteiger partial charge in [0, 0.05) is 31.7 Å². The van der Waals surface area contributed by atoms with Crippen LogP contribution in [-0.2, 0) is 9.47 Å². The van der Waals surface area contributed by atoms with Gasteiger partial charge in [0.2, 0.25) is 0 Å². The Morgan fingerprint density at radius 3 is 2.58 bits per heavy atom.